The standard InChI is InChI=1S/C21H20O5/c1-2-6-13-9-18(23)26-16-11-17-20(21(24)19(13)16)14(22)10-15(25-17)12-7-4-3-5-8-12/h4,7-9,11,15,24H,2-3,5-6,10H2,1H3. The SMILES string of the molecule is CCCc1cc(=O)oc2cc3c(c(O)c12)C(=O)CC(C1=CCCC=C1)O3. The van der Waals surface area contributed by atoms with Gasteiger partial charge in [0.05, 0.1) is 11.8 Å². The van der Waals surface area contributed by atoms with Gasteiger partial charge in [-0.3, -0.25) is 4.79 Å². The monoisotopic (exact) mass is 352 g/mol. The number of rotatable bonds is 3. The number of aryl methyl sites for hydroxylation is 1. The molecule has 1 aliphatic heterocycles. The molecule has 5 nitrogen and oxygen atoms in total. The number of Topliss-reactive ketones (excluding diaryl/α,β-unsaturated/α-hetero) is 1. The second kappa shape index (κ2) is 6.48. The molecule has 1 aromatic heterocycles. The molecule has 0 saturated carbocycles. The van der Waals surface area contributed by atoms with Crippen molar-refractivity contribution in [1.29, 1.82) is 0 Å². The lowest BCUT2D eigenvalue weighted by Crippen LogP contribution is -2.28. The zero-order valence-electron chi connectivity index (χ0n) is 14.6. The summed E-state index contributed by atoms with van der Waals surface area (Å²) in [5, 5.41) is 11.2. The number of hydrogen-bond donors (Lipinski definition) is 1. The van der Waals surface area contributed by atoms with Gasteiger partial charge in [0, 0.05) is 12.1 Å². The third-order valence-corrected chi connectivity index (χ3v) is 4.89. The molecule has 1 N–H and O–H groups in total. The van der Waals surface area contributed by atoms with Gasteiger partial charge in [-0.15, -0.1) is 0 Å². The normalized spacial score (nSPS) is 19.2. The summed E-state index contributed by atoms with van der Waals surface area (Å²) in [7, 11) is 0. The molecule has 0 amide bonds. The van der Waals surface area contributed by atoms with Crippen molar-refractivity contribution in [1.82, 2.24) is 0 Å². The number of aromatic hydroxyl groups is 1. The Morgan fingerprint density at radius 2 is 2.08 bits per heavy atom. The van der Waals surface area contributed by atoms with E-state index >= 15 is 0 Å². The van der Waals surface area contributed by atoms with Crippen molar-refractivity contribution in [2.45, 2.75) is 45.1 Å². The number of phenols is 1. The Labute approximate surface area is 150 Å². The predicted molar refractivity (Wildman–Crippen MR) is 98.0 cm³/mol. The Balaban J connectivity index is 1.87. The summed E-state index contributed by atoms with van der Waals surface area (Å²) in [6.07, 6.45) is 9.24. The van der Waals surface area contributed by atoms with Gasteiger partial charge in [-0.2, -0.15) is 0 Å². The summed E-state index contributed by atoms with van der Waals surface area (Å²) in [6.45, 7) is 1.99. The van der Waals surface area contributed by atoms with Gasteiger partial charge in [-0.05, 0) is 30.4 Å². The number of hydrogen-bond acceptors (Lipinski definition) is 5. The highest BCUT2D eigenvalue weighted by Crippen LogP contribution is 2.42. The van der Waals surface area contributed by atoms with Gasteiger partial charge in [0.25, 0.3) is 0 Å². The molecule has 0 spiro atoms. The van der Waals surface area contributed by atoms with Crippen molar-refractivity contribution in [3.05, 3.63) is 57.5 Å². The summed E-state index contributed by atoms with van der Waals surface area (Å²) in [6, 6.07) is 2.94. The number of ketones is 1. The Morgan fingerprint density at radius 3 is 2.81 bits per heavy atom. The van der Waals surface area contributed by atoms with Crippen LogP contribution in [0, 0.1) is 0 Å². The van der Waals surface area contributed by atoms with E-state index in [-0.39, 0.29) is 41.0 Å². The van der Waals surface area contributed by atoms with Crippen LogP contribution in [0.15, 0.2) is 45.1 Å². The van der Waals surface area contributed by atoms with Crippen LogP contribution in [0.2, 0.25) is 0 Å². The van der Waals surface area contributed by atoms with Crippen LogP contribution in [-0.4, -0.2) is 17.0 Å². The topological polar surface area (TPSA) is 76.7 Å². The number of phenolic OH excluding ortho intramolecular Hbond substituents is 1. The molecule has 0 radical (unpaired) electrons. The van der Waals surface area contributed by atoms with Crippen molar-refractivity contribution >= 4 is 16.8 Å². The van der Waals surface area contributed by atoms with Crippen molar-refractivity contribution in [3.63, 3.8) is 0 Å². The summed E-state index contributed by atoms with van der Waals surface area (Å²) in [5.74, 6) is -0.0431. The summed E-state index contributed by atoms with van der Waals surface area (Å²) >= 11 is 0. The molecule has 1 aliphatic carbocycles. The van der Waals surface area contributed by atoms with Gasteiger partial charge in [0.2, 0.25) is 0 Å². The minimum atomic E-state index is -0.475. The lowest BCUT2D eigenvalue weighted by atomic mass is 9.91. The van der Waals surface area contributed by atoms with Crippen LogP contribution in [0.5, 0.6) is 11.5 Å². The molecule has 0 bridgehead atoms. The van der Waals surface area contributed by atoms with Crippen LogP contribution in [0.25, 0.3) is 11.0 Å². The zero-order chi connectivity index (χ0) is 18.3. The molecule has 26 heavy (non-hydrogen) atoms. The minimum absolute atomic E-state index is 0.152. The molecule has 2 heterocycles. The maximum atomic E-state index is 12.8. The van der Waals surface area contributed by atoms with Crippen molar-refractivity contribution in [3.8, 4) is 11.5 Å². The van der Waals surface area contributed by atoms with Crippen molar-refractivity contribution in [2.24, 2.45) is 0 Å². The highest BCUT2D eigenvalue weighted by molar-refractivity contribution is 6.08. The Morgan fingerprint density at radius 1 is 1.23 bits per heavy atom. The van der Waals surface area contributed by atoms with Gasteiger partial charge >= 0.3 is 5.63 Å². The molecule has 4 rings (SSSR count). The molecule has 2 aliphatic rings. The van der Waals surface area contributed by atoms with Gasteiger partial charge in [0.1, 0.15) is 28.7 Å². The van der Waals surface area contributed by atoms with E-state index in [2.05, 4.69) is 12.2 Å². The van der Waals surface area contributed by atoms with Gasteiger partial charge in [-0.25, -0.2) is 4.79 Å². The van der Waals surface area contributed by atoms with Crippen molar-refractivity contribution in [2.75, 3.05) is 0 Å². The number of fused-ring (bicyclic) bond motifs is 2. The fourth-order valence-corrected chi connectivity index (χ4v) is 3.72. The Kier molecular flexibility index (Phi) is 4.15. The van der Waals surface area contributed by atoms with Crippen molar-refractivity contribution < 1.29 is 19.1 Å². The van der Waals surface area contributed by atoms with Gasteiger partial charge in [-0.1, -0.05) is 31.6 Å². The molecule has 1 unspecified atom stereocenters. The van der Waals surface area contributed by atoms with Crippen LogP contribution in [0.4, 0.5) is 0 Å². The number of carbonyl (C=O) groups excluding carboxylic acids is 1. The van der Waals surface area contributed by atoms with Crippen LogP contribution < -0.4 is 10.4 Å². The molecule has 0 saturated heterocycles. The van der Waals surface area contributed by atoms with Gasteiger partial charge in [0.15, 0.2) is 5.78 Å². The molecule has 1 atom stereocenters. The first-order valence-corrected chi connectivity index (χ1v) is 8.97. The smallest absolute Gasteiger partial charge is 0.336 e. The predicted octanol–water partition coefficient (Wildman–Crippen LogP) is 4.06. The summed E-state index contributed by atoms with van der Waals surface area (Å²) in [4.78, 5) is 24.6. The molecule has 134 valence electrons. The molecule has 1 aromatic carbocycles. The number of benzene rings is 1. The number of allylic oxidation sites excluding steroid dienone is 2. The Hall–Kier alpha value is -2.82. The van der Waals surface area contributed by atoms with Gasteiger partial charge < -0.3 is 14.3 Å². The van der Waals surface area contributed by atoms with E-state index in [0.717, 1.165) is 24.8 Å². The Bertz CT molecular complexity index is 1010. The largest absolute Gasteiger partial charge is 0.506 e. The molecule has 2 aromatic rings. The molecule has 0 fully saturated rings. The van der Waals surface area contributed by atoms with E-state index in [4.69, 9.17) is 9.15 Å². The van der Waals surface area contributed by atoms with E-state index in [1.54, 1.807) is 6.07 Å². The van der Waals surface area contributed by atoms with Crippen LogP contribution in [0.1, 0.15) is 48.5 Å². The van der Waals surface area contributed by atoms with E-state index < -0.39 is 5.63 Å². The first-order chi connectivity index (χ1) is 12.6. The average Bonchev–Trinajstić information content (AvgIpc) is 2.61. The van der Waals surface area contributed by atoms with Crippen LogP contribution >= 0.6 is 0 Å². The fourth-order valence-electron chi connectivity index (χ4n) is 3.72. The fraction of sp³-hybridized carbons (Fsp3) is 0.333. The van der Waals surface area contributed by atoms with Crippen LogP contribution in [-0.2, 0) is 6.42 Å². The number of ether oxygens (including phenoxy) is 1. The molecule has 5 heteroatoms. The van der Waals surface area contributed by atoms with E-state index in [0.29, 0.717) is 17.4 Å². The average molecular weight is 352 g/mol. The third-order valence-electron chi connectivity index (χ3n) is 4.89. The summed E-state index contributed by atoms with van der Waals surface area (Å²) < 4.78 is 11.3. The third kappa shape index (κ3) is 2.73. The minimum Gasteiger partial charge on any atom is -0.506 e. The highest BCUT2D eigenvalue weighted by atomic mass is 16.5. The second-order valence-electron chi connectivity index (χ2n) is 6.73. The van der Waals surface area contributed by atoms with E-state index in [1.165, 1.54) is 6.07 Å². The zero-order valence-corrected chi connectivity index (χ0v) is 14.6. The highest BCUT2D eigenvalue weighted by Gasteiger charge is 2.33. The maximum Gasteiger partial charge on any atom is 0.336 e. The first kappa shape index (κ1) is 16.6. The van der Waals surface area contributed by atoms with E-state index in [9.17, 15) is 14.7 Å². The quantitative estimate of drug-likeness (QED) is 0.843. The first-order valence-electron chi connectivity index (χ1n) is 8.97. The second-order valence-corrected chi connectivity index (χ2v) is 6.73. The number of carbonyl (C=O) groups is 1. The molecular weight excluding hydrogens is 332 g/mol. The maximum absolute atomic E-state index is 12.8. The lowest BCUT2D eigenvalue weighted by Gasteiger charge is -2.28. The lowest BCUT2D eigenvalue weighted by molar-refractivity contribution is 0.0883. The van der Waals surface area contributed by atoms with Crippen LogP contribution in [0.3, 0.4) is 0 Å². The summed E-state index contributed by atoms with van der Waals surface area (Å²) in [5.41, 5.74) is 1.61. The van der Waals surface area contributed by atoms with E-state index in [1.807, 2.05) is 13.0 Å². The molecular formula is C21H20O5.